The first-order valence-corrected chi connectivity index (χ1v) is 15.2. The average molecular weight is 581 g/mol. The lowest BCUT2D eigenvalue weighted by atomic mass is 9.98. The summed E-state index contributed by atoms with van der Waals surface area (Å²) in [5.74, 6) is 0.286. The van der Waals surface area contributed by atoms with Gasteiger partial charge in [0, 0.05) is 12.5 Å². The van der Waals surface area contributed by atoms with E-state index in [1.807, 2.05) is 36.4 Å². The Morgan fingerprint density at radius 2 is 1.25 bits per heavy atom. The van der Waals surface area contributed by atoms with Gasteiger partial charge in [0.15, 0.2) is 0 Å². The van der Waals surface area contributed by atoms with Crippen LogP contribution in [-0.2, 0) is 32.2 Å². The monoisotopic (exact) mass is 580 g/mol. The van der Waals surface area contributed by atoms with Gasteiger partial charge in [-0.2, -0.15) is 10.2 Å². The highest BCUT2D eigenvalue weighted by atomic mass is 16.4. The number of nitrogens with zero attached hydrogens (tertiary/aromatic N) is 4. The average Bonchev–Trinajstić information content (AvgIpc) is 3.44. The predicted molar refractivity (Wildman–Crippen MR) is 175 cm³/mol. The van der Waals surface area contributed by atoms with Crippen molar-refractivity contribution in [1.29, 1.82) is 0 Å². The Morgan fingerprint density at radius 1 is 0.682 bits per heavy atom. The van der Waals surface area contributed by atoms with Crippen molar-refractivity contribution in [3.8, 4) is 11.1 Å². The molecule has 0 unspecified atom stereocenters. The molecule has 0 bridgehead atoms. The van der Waals surface area contributed by atoms with E-state index in [-0.39, 0.29) is 5.92 Å². The van der Waals surface area contributed by atoms with E-state index in [0.717, 1.165) is 65.1 Å². The van der Waals surface area contributed by atoms with Gasteiger partial charge in [0.05, 0.1) is 22.5 Å². The zero-order chi connectivity index (χ0) is 30.5. The van der Waals surface area contributed by atoms with Crippen molar-refractivity contribution in [2.24, 2.45) is 0 Å². The molecule has 220 valence electrons. The molecule has 4 aromatic carbocycles. The van der Waals surface area contributed by atoms with E-state index in [1.165, 1.54) is 11.1 Å². The lowest BCUT2D eigenvalue weighted by molar-refractivity contribution is 0.0697. The third kappa shape index (κ3) is 6.30. The molecule has 0 radical (unpaired) electrons. The molecule has 0 aliphatic carbocycles. The number of aromatic nitrogens is 4. The fourth-order valence-electron chi connectivity index (χ4n) is 5.83. The molecular formula is C38H36N4O2. The predicted octanol–water partition coefficient (Wildman–Crippen LogP) is 7.93. The lowest BCUT2D eigenvalue weighted by Gasteiger charge is -2.14. The molecule has 2 heterocycles. The summed E-state index contributed by atoms with van der Waals surface area (Å²) in [4.78, 5) is 17.0. The molecule has 1 N–H and O–H groups in total. The molecule has 0 fully saturated rings. The first-order chi connectivity index (χ1) is 21.5. The van der Waals surface area contributed by atoms with E-state index in [0.29, 0.717) is 17.7 Å². The SMILES string of the molecule is CC(C)c1nc2c(CCc3ccccc3)nnc(CCc3ccccc3)c2n1Cc1ccc(-c2ccccc2C(=O)O)cc1. The number of rotatable bonds is 11. The largest absolute Gasteiger partial charge is 0.478 e. The lowest BCUT2D eigenvalue weighted by Crippen LogP contribution is -2.10. The number of carboxylic acid groups (broad SMARTS) is 1. The number of carbonyl (C=O) groups is 1. The highest BCUT2D eigenvalue weighted by molar-refractivity contribution is 5.96. The number of benzene rings is 4. The number of carboxylic acids is 1. The maximum Gasteiger partial charge on any atom is 0.336 e. The summed E-state index contributed by atoms with van der Waals surface area (Å²) in [5, 5.41) is 19.3. The van der Waals surface area contributed by atoms with Crippen molar-refractivity contribution in [2.75, 3.05) is 0 Å². The second kappa shape index (κ2) is 13.0. The third-order valence-electron chi connectivity index (χ3n) is 8.10. The minimum Gasteiger partial charge on any atom is -0.478 e. The van der Waals surface area contributed by atoms with Crippen LogP contribution in [0.5, 0.6) is 0 Å². The maximum absolute atomic E-state index is 11.8. The van der Waals surface area contributed by atoms with Crippen LogP contribution < -0.4 is 0 Å². The fraction of sp³-hybridized carbons (Fsp3) is 0.211. The van der Waals surface area contributed by atoms with Crippen LogP contribution in [0.25, 0.3) is 22.2 Å². The molecule has 0 saturated carbocycles. The van der Waals surface area contributed by atoms with Crippen LogP contribution in [0, 0.1) is 0 Å². The van der Waals surface area contributed by atoms with Gasteiger partial charge in [0.25, 0.3) is 0 Å². The van der Waals surface area contributed by atoms with Crippen LogP contribution in [0.1, 0.15) is 64.0 Å². The number of hydrogen-bond donors (Lipinski definition) is 1. The molecule has 6 nitrogen and oxygen atoms in total. The van der Waals surface area contributed by atoms with Crippen molar-refractivity contribution in [3.05, 3.63) is 149 Å². The highest BCUT2D eigenvalue weighted by Gasteiger charge is 2.22. The first kappa shape index (κ1) is 29.0. The quantitative estimate of drug-likeness (QED) is 0.168. The molecule has 44 heavy (non-hydrogen) atoms. The van der Waals surface area contributed by atoms with Crippen molar-refractivity contribution in [1.82, 2.24) is 19.7 Å². The Balaban J connectivity index is 1.39. The summed E-state index contributed by atoms with van der Waals surface area (Å²) in [6.45, 7) is 4.99. The van der Waals surface area contributed by atoms with Crippen LogP contribution >= 0.6 is 0 Å². The van der Waals surface area contributed by atoms with Crippen molar-refractivity contribution in [2.45, 2.75) is 52.0 Å². The second-order valence-electron chi connectivity index (χ2n) is 11.5. The van der Waals surface area contributed by atoms with E-state index in [2.05, 4.69) is 79.1 Å². The van der Waals surface area contributed by atoms with Crippen LogP contribution in [0.2, 0.25) is 0 Å². The molecule has 0 spiro atoms. The van der Waals surface area contributed by atoms with E-state index >= 15 is 0 Å². The summed E-state index contributed by atoms with van der Waals surface area (Å²) in [6.07, 6.45) is 3.27. The number of fused-ring (bicyclic) bond motifs is 1. The molecule has 0 aliphatic rings. The molecule has 2 aromatic heterocycles. The number of aromatic carboxylic acids is 1. The normalized spacial score (nSPS) is 11.3. The van der Waals surface area contributed by atoms with Crippen molar-refractivity contribution in [3.63, 3.8) is 0 Å². The first-order valence-electron chi connectivity index (χ1n) is 15.2. The van der Waals surface area contributed by atoms with Gasteiger partial charge in [-0.05, 0) is 59.6 Å². The van der Waals surface area contributed by atoms with E-state index < -0.39 is 5.97 Å². The van der Waals surface area contributed by atoms with Crippen LogP contribution in [0.15, 0.2) is 109 Å². The van der Waals surface area contributed by atoms with Gasteiger partial charge in [0.1, 0.15) is 11.3 Å². The minimum absolute atomic E-state index is 0.202. The molecule has 0 aliphatic heterocycles. The van der Waals surface area contributed by atoms with E-state index in [9.17, 15) is 9.90 Å². The van der Waals surface area contributed by atoms with Crippen LogP contribution in [0.3, 0.4) is 0 Å². The van der Waals surface area contributed by atoms with Crippen molar-refractivity contribution >= 4 is 17.0 Å². The molecular weight excluding hydrogens is 544 g/mol. The summed E-state index contributed by atoms with van der Waals surface area (Å²) in [6, 6.07) is 36.3. The molecule has 6 heteroatoms. The van der Waals surface area contributed by atoms with Crippen LogP contribution in [0.4, 0.5) is 0 Å². The minimum atomic E-state index is -0.927. The highest BCUT2D eigenvalue weighted by Crippen LogP contribution is 2.29. The van der Waals surface area contributed by atoms with Gasteiger partial charge >= 0.3 is 5.97 Å². The zero-order valence-corrected chi connectivity index (χ0v) is 25.1. The molecule has 0 saturated heterocycles. The van der Waals surface area contributed by atoms with Gasteiger partial charge in [-0.25, -0.2) is 9.78 Å². The summed E-state index contributed by atoms with van der Waals surface area (Å²) in [7, 11) is 0. The summed E-state index contributed by atoms with van der Waals surface area (Å²) >= 11 is 0. The maximum atomic E-state index is 11.8. The fourth-order valence-corrected chi connectivity index (χ4v) is 5.83. The smallest absolute Gasteiger partial charge is 0.336 e. The van der Waals surface area contributed by atoms with Gasteiger partial charge in [-0.3, -0.25) is 0 Å². The van der Waals surface area contributed by atoms with Gasteiger partial charge in [-0.15, -0.1) is 0 Å². The number of hydrogen-bond acceptors (Lipinski definition) is 4. The van der Waals surface area contributed by atoms with E-state index in [1.54, 1.807) is 12.1 Å². The standard InChI is InChI=1S/C38H36N4O2/c1-26(2)37-39-35-33(23-19-27-11-5-3-6-12-27)40-41-34(24-20-28-13-7-4-8-14-28)36(35)42(37)25-29-17-21-30(22-18-29)31-15-9-10-16-32(31)38(43)44/h3-18,21-22,26H,19-20,23-25H2,1-2H3,(H,43,44). The van der Waals surface area contributed by atoms with Crippen molar-refractivity contribution < 1.29 is 9.90 Å². The summed E-state index contributed by atoms with van der Waals surface area (Å²) in [5.41, 5.74) is 9.41. The number of imidazole rings is 1. The topological polar surface area (TPSA) is 80.9 Å². The summed E-state index contributed by atoms with van der Waals surface area (Å²) < 4.78 is 2.32. The third-order valence-corrected chi connectivity index (χ3v) is 8.10. The number of aryl methyl sites for hydroxylation is 4. The Labute approximate surface area is 258 Å². The second-order valence-corrected chi connectivity index (χ2v) is 11.5. The van der Waals surface area contributed by atoms with Gasteiger partial charge in [0.2, 0.25) is 0 Å². The molecule has 6 aromatic rings. The van der Waals surface area contributed by atoms with Gasteiger partial charge < -0.3 is 9.67 Å². The molecule has 0 amide bonds. The van der Waals surface area contributed by atoms with Crippen LogP contribution in [-0.4, -0.2) is 30.8 Å². The molecule has 0 atom stereocenters. The Kier molecular flexibility index (Phi) is 8.59. The van der Waals surface area contributed by atoms with E-state index in [4.69, 9.17) is 15.2 Å². The Hall–Kier alpha value is -5.10. The zero-order valence-electron chi connectivity index (χ0n) is 25.1. The van der Waals surface area contributed by atoms with Gasteiger partial charge in [-0.1, -0.05) is 117 Å². The Morgan fingerprint density at radius 3 is 1.86 bits per heavy atom. The molecule has 6 rings (SSSR count). The Bertz CT molecular complexity index is 1880.